The fourth-order valence-electron chi connectivity index (χ4n) is 3.12. The molecule has 0 spiro atoms. The second-order valence-corrected chi connectivity index (χ2v) is 10.3. The molecule has 2 atom stereocenters. The molecule has 1 aliphatic rings. The summed E-state index contributed by atoms with van der Waals surface area (Å²) in [5, 5.41) is 20.8. The highest BCUT2D eigenvalue weighted by molar-refractivity contribution is 7.76. The summed E-state index contributed by atoms with van der Waals surface area (Å²) in [7, 11) is -1.57. The van der Waals surface area contributed by atoms with Crippen LogP contribution < -0.4 is 0 Å². The van der Waals surface area contributed by atoms with E-state index >= 15 is 0 Å². The Morgan fingerprint density at radius 3 is 1.62 bits per heavy atom. The Bertz CT molecular complexity index is 194. The van der Waals surface area contributed by atoms with Crippen molar-refractivity contribution in [3.63, 3.8) is 0 Å². The SMILES string of the molecule is CC(C)C[P+]1(CC(C)C)C(O)CCCC1O. The van der Waals surface area contributed by atoms with Crippen LogP contribution in [0.1, 0.15) is 47.0 Å². The van der Waals surface area contributed by atoms with Crippen LogP contribution in [0, 0.1) is 11.8 Å². The van der Waals surface area contributed by atoms with Gasteiger partial charge in [0, 0.05) is 12.8 Å². The number of hydrogen-bond acceptors (Lipinski definition) is 2. The van der Waals surface area contributed by atoms with E-state index in [9.17, 15) is 10.2 Å². The number of hydrogen-bond donors (Lipinski definition) is 2. The maximum atomic E-state index is 10.4. The molecule has 0 amide bonds. The van der Waals surface area contributed by atoms with E-state index in [4.69, 9.17) is 0 Å². The van der Waals surface area contributed by atoms with E-state index in [1.54, 1.807) is 0 Å². The Morgan fingerprint density at radius 1 is 0.938 bits per heavy atom. The van der Waals surface area contributed by atoms with Crippen molar-refractivity contribution in [1.29, 1.82) is 0 Å². The van der Waals surface area contributed by atoms with E-state index in [2.05, 4.69) is 27.7 Å². The highest BCUT2D eigenvalue weighted by Gasteiger charge is 2.53. The van der Waals surface area contributed by atoms with Crippen LogP contribution in [-0.2, 0) is 0 Å². The first-order chi connectivity index (χ1) is 7.38. The lowest BCUT2D eigenvalue weighted by Crippen LogP contribution is -2.35. The second kappa shape index (κ2) is 5.80. The lowest BCUT2D eigenvalue weighted by Gasteiger charge is -2.40. The van der Waals surface area contributed by atoms with Crippen LogP contribution in [0.25, 0.3) is 0 Å². The predicted molar refractivity (Wildman–Crippen MR) is 72.2 cm³/mol. The van der Waals surface area contributed by atoms with Crippen LogP contribution in [0.4, 0.5) is 0 Å². The van der Waals surface area contributed by atoms with Gasteiger partial charge in [-0.05, 0) is 18.3 Å². The maximum Gasteiger partial charge on any atom is 0.166 e. The second-order valence-electron chi connectivity index (χ2n) is 6.15. The molecule has 2 N–H and O–H groups in total. The van der Waals surface area contributed by atoms with Gasteiger partial charge in [-0.2, -0.15) is 0 Å². The van der Waals surface area contributed by atoms with Crippen LogP contribution in [0.2, 0.25) is 0 Å². The predicted octanol–water partition coefficient (Wildman–Crippen LogP) is 3.14. The minimum absolute atomic E-state index is 0.207. The largest absolute Gasteiger partial charge is 0.359 e. The van der Waals surface area contributed by atoms with Crippen LogP contribution in [0.5, 0.6) is 0 Å². The van der Waals surface area contributed by atoms with Crippen LogP contribution >= 0.6 is 7.26 Å². The topological polar surface area (TPSA) is 40.5 Å². The van der Waals surface area contributed by atoms with Gasteiger partial charge in [-0.3, -0.25) is 0 Å². The van der Waals surface area contributed by atoms with E-state index in [1.165, 1.54) is 0 Å². The van der Waals surface area contributed by atoms with Gasteiger partial charge in [-0.1, -0.05) is 27.7 Å². The molecule has 0 saturated carbocycles. The van der Waals surface area contributed by atoms with Crippen molar-refractivity contribution in [2.24, 2.45) is 11.8 Å². The molecule has 1 heterocycles. The third-order valence-corrected chi connectivity index (χ3v) is 9.23. The molecule has 2 nitrogen and oxygen atoms in total. The summed E-state index contributed by atoms with van der Waals surface area (Å²) in [6, 6.07) is 0. The fraction of sp³-hybridized carbons (Fsp3) is 1.00. The van der Waals surface area contributed by atoms with Crippen LogP contribution in [0.3, 0.4) is 0 Å². The van der Waals surface area contributed by atoms with Gasteiger partial charge in [-0.25, -0.2) is 0 Å². The molecule has 1 fully saturated rings. The minimum atomic E-state index is -1.57. The first kappa shape index (κ1) is 14.4. The van der Waals surface area contributed by atoms with Crippen molar-refractivity contribution < 1.29 is 10.2 Å². The Kier molecular flexibility index (Phi) is 5.22. The standard InChI is InChI=1S/C13H28O2P/c1-10(2)8-16(9-11(3)4)12(14)6-5-7-13(16)15/h10-15H,5-9H2,1-4H3/q+1. The molecule has 96 valence electrons. The maximum absolute atomic E-state index is 10.4. The highest BCUT2D eigenvalue weighted by Crippen LogP contribution is 2.71. The molecule has 0 aromatic rings. The summed E-state index contributed by atoms with van der Waals surface area (Å²) in [5.74, 6) is 0.742. The molecule has 0 aromatic heterocycles. The average Bonchev–Trinajstić information content (AvgIpc) is 2.12. The van der Waals surface area contributed by atoms with Gasteiger partial charge in [0.25, 0.3) is 0 Å². The van der Waals surface area contributed by atoms with Crippen LogP contribution in [0.15, 0.2) is 0 Å². The third kappa shape index (κ3) is 3.18. The van der Waals surface area contributed by atoms with Crippen molar-refractivity contribution in [3.05, 3.63) is 0 Å². The average molecular weight is 247 g/mol. The lowest BCUT2D eigenvalue weighted by molar-refractivity contribution is 0.171. The molecule has 0 radical (unpaired) electrons. The van der Waals surface area contributed by atoms with Gasteiger partial charge in [0.15, 0.2) is 11.7 Å². The minimum Gasteiger partial charge on any atom is -0.359 e. The monoisotopic (exact) mass is 247 g/mol. The summed E-state index contributed by atoms with van der Waals surface area (Å²) in [6.45, 7) is 8.82. The summed E-state index contributed by atoms with van der Waals surface area (Å²) < 4.78 is 0. The van der Waals surface area contributed by atoms with E-state index in [0.717, 1.165) is 31.6 Å². The summed E-state index contributed by atoms with van der Waals surface area (Å²) in [4.78, 5) is 0. The zero-order valence-electron chi connectivity index (χ0n) is 11.2. The van der Waals surface area contributed by atoms with Crippen molar-refractivity contribution in [2.45, 2.75) is 58.6 Å². The first-order valence-corrected chi connectivity index (χ1v) is 8.91. The summed E-state index contributed by atoms with van der Waals surface area (Å²) >= 11 is 0. The van der Waals surface area contributed by atoms with Crippen molar-refractivity contribution in [1.82, 2.24) is 0 Å². The van der Waals surface area contributed by atoms with E-state index < -0.39 is 7.26 Å². The number of rotatable bonds is 4. The van der Waals surface area contributed by atoms with E-state index in [1.807, 2.05) is 0 Å². The summed E-state index contributed by atoms with van der Waals surface area (Å²) in [5.41, 5.74) is 0. The molecule has 1 saturated heterocycles. The normalized spacial score (nSPS) is 30.0. The quantitative estimate of drug-likeness (QED) is 0.749. The Morgan fingerprint density at radius 2 is 1.31 bits per heavy atom. The van der Waals surface area contributed by atoms with Gasteiger partial charge in [-0.15, -0.1) is 0 Å². The first-order valence-electron chi connectivity index (χ1n) is 6.61. The molecule has 1 aliphatic heterocycles. The molecular weight excluding hydrogens is 219 g/mol. The van der Waals surface area contributed by atoms with Gasteiger partial charge < -0.3 is 10.2 Å². The van der Waals surface area contributed by atoms with Crippen molar-refractivity contribution in [2.75, 3.05) is 12.3 Å². The fourth-order valence-corrected chi connectivity index (χ4v) is 8.75. The van der Waals surface area contributed by atoms with Gasteiger partial charge in [0.1, 0.15) is 0 Å². The van der Waals surface area contributed by atoms with Gasteiger partial charge in [0.05, 0.1) is 19.6 Å². The molecule has 16 heavy (non-hydrogen) atoms. The van der Waals surface area contributed by atoms with E-state index in [0.29, 0.717) is 11.8 Å². The zero-order valence-corrected chi connectivity index (χ0v) is 12.1. The van der Waals surface area contributed by atoms with E-state index in [-0.39, 0.29) is 11.7 Å². The molecule has 2 unspecified atom stereocenters. The lowest BCUT2D eigenvalue weighted by atomic mass is 10.2. The van der Waals surface area contributed by atoms with Crippen LogP contribution in [-0.4, -0.2) is 34.2 Å². The number of aliphatic hydroxyl groups excluding tert-OH is 2. The molecular formula is C13H28O2P+. The third-order valence-electron chi connectivity index (χ3n) is 3.52. The Labute approximate surface area is 101 Å². The summed E-state index contributed by atoms with van der Waals surface area (Å²) in [6.07, 6.45) is 4.90. The zero-order chi connectivity index (χ0) is 12.3. The Balaban J connectivity index is 2.88. The molecule has 0 aromatic carbocycles. The van der Waals surface area contributed by atoms with Crippen molar-refractivity contribution in [3.8, 4) is 0 Å². The molecule has 1 rings (SSSR count). The molecule has 0 bridgehead atoms. The molecule has 3 heteroatoms. The molecule has 0 aliphatic carbocycles. The number of aliphatic hydroxyl groups is 2. The van der Waals surface area contributed by atoms with Gasteiger partial charge in [0.2, 0.25) is 0 Å². The smallest absolute Gasteiger partial charge is 0.166 e. The van der Waals surface area contributed by atoms with Crippen molar-refractivity contribution >= 4 is 7.26 Å². The highest BCUT2D eigenvalue weighted by atomic mass is 31.2. The Hall–Kier alpha value is 0.350. The van der Waals surface area contributed by atoms with Gasteiger partial charge >= 0.3 is 0 Å².